The molecule has 0 radical (unpaired) electrons. The van der Waals surface area contributed by atoms with E-state index in [4.69, 9.17) is 11.6 Å². The summed E-state index contributed by atoms with van der Waals surface area (Å²) in [7, 11) is 0. The van der Waals surface area contributed by atoms with Crippen molar-refractivity contribution >= 4 is 11.6 Å². The van der Waals surface area contributed by atoms with E-state index in [0.29, 0.717) is 6.04 Å². The van der Waals surface area contributed by atoms with Gasteiger partial charge < -0.3 is 10.6 Å². The van der Waals surface area contributed by atoms with Crippen LogP contribution in [0.1, 0.15) is 59.1 Å². The SMILES string of the molecule is CC(NC1CC(C)(C)NC(C)(C)C1)c1ccc(Cl)c(F)c1. The molecule has 1 unspecified atom stereocenters. The summed E-state index contributed by atoms with van der Waals surface area (Å²) in [4.78, 5) is 0. The number of halogens is 2. The van der Waals surface area contributed by atoms with Crippen molar-refractivity contribution in [2.24, 2.45) is 0 Å². The van der Waals surface area contributed by atoms with E-state index in [1.807, 2.05) is 6.07 Å². The molecule has 1 aliphatic rings. The van der Waals surface area contributed by atoms with Crippen LogP contribution in [-0.2, 0) is 0 Å². The normalized spacial score (nSPS) is 23.0. The van der Waals surface area contributed by atoms with Crippen LogP contribution in [0, 0.1) is 5.82 Å². The van der Waals surface area contributed by atoms with Crippen molar-refractivity contribution in [3.8, 4) is 0 Å². The summed E-state index contributed by atoms with van der Waals surface area (Å²) in [5, 5.41) is 7.49. The van der Waals surface area contributed by atoms with Gasteiger partial charge in [-0.1, -0.05) is 17.7 Å². The highest BCUT2D eigenvalue weighted by atomic mass is 35.5. The molecular formula is C17H26ClFN2. The second-order valence-electron chi connectivity index (χ2n) is 7.56. The fourth-order valence-electron chi connectivity index (χ4n) is 3.67. The second kappa shape index (κ2) is 5.86. The van der Waals surface area contributed by atoms with Crippen molar-refractivity contribution < 1.29 is 4.39 Å². The van der Waals surface area contributed by atoms with Crippen molar-refractivity contribution in [3.63, 3.8) is 0 Å². The molecule has 4 heteroatoms. The lowest BCUT2D eigenvalue weighted by Gasteiger charge is -2.47. The zero-order valence-electron chi connectivity index (χ0n) is 13.6. The molecule has 0 aliphatic carbocycles. The Morgan fingerprint density at radius 2 is 1.81 bits per heavy atom. The van der Waals surface area contributed by atoms with Gasteiger partial charge in [-0.15, -0.1) is 0 Å². The topological polar surface area (TPSA) is 24.1 Å². The minimum atomic E-state index is -0.353. The van der Waals surface area contributed by atoms with Gasteiger partial charge in [0.15, 0.2) is 0 Å². The van der Waals surface area contributed by atoms with Crippen molar-refractivity contribution in [3.05, 3.63) is 34.6 Å². The Balaban J connectivity index is 2.08. The van der Waals surface area contributed by atoms with Crippen LogP contribution in [0.25, 0.3) is 0 Å². The average Bonchev–Trinajstić information content (AvgIpc) is 2.28. The van der Waals surface area contributed by atoms with Gasteiger partial charge in [-0.2, -0.15) is 0 Å². The fraction of sp³-hybridized carbons (Fsp3) is 0.647. The molecule has 0 amide bonds. The molecule has 0 bridgehead atoms. The molecular weight excluding hydrogens is 287 g/mol. The number of rotatable bonds is 3. The first-order valence-electron chi connectivity index (χ1n) is 7.58. The molecule has 2 nitrogen and oxygen atoms in total. The quantitative estimate of drug-likeness (QED) is 0.862. The minimum absolute atomic E-state index is 0.102. The molecule has 118 valence electrons. The maximum Gasteiger partial charge on any atom is 0.142 e. The third kappa shape index (κ3) is 4.41. The number of hydrogen-bond donors (Lipinski definition) is 2. The summed E-state index contributed by atoms with van der Waals surface area (Å²) in [6.07, 6.45) is 2.10. The van der Waals surface area contributed by atoms with Gasteiger partial charge in [0.1, 0.15) is 5.82 Å². The van der Waals surface area contributed by atoms with E-state index in [0.717, 1.165) is 18.4 Å². The Morgan fingerprint density at radius 3 is 2.33 bits per heavy atom. The zero-order valence-corrected chi connectivity index (χ0v) is 14.3. The summed E-state index contributed by atoms with van der Waals surface area (Å²) in [6.45, 7) is 11.0. The summed E-state index contributed by atoms with van der Waals surface area (Å²) in [5.41, 5.74) is 1.14. The maximum absolute atomic E-state index is 13.6. The largest absolute Gasteiger partial charge is 0.307 e. The lowest BCUT2D eigenvalue weighted by atomic mass is 9.79. The van der Waals surface area contributed by atoms with Crippen LogP contribution in [-0.4, -0.2) is 17.1 Å². The van der Waals surface area contributed by atoms with Crippen molar-refractivity contribution in [2.75, 3.05) is 0 Å². The lowest BCUT2D eigenvalue weighted by molar-refractivity contribution is 0.141. The summed E-state index contributed by atoms with van der Waals surface area (Å²) < 4.78 is 13.6. The van der Waals surface area contributed by atoms with Crippen LogP contribution in [0.3, 0.4) is 0 Å². The van der Waals surface area contributed by atoms with Gasteiger partial charge in [-0.3, -0.25) is 0 Å². The van der Waals surface area contributed by atoms with E-state index in [1.165, 1.54) is 6.07 Å². The lowest BCUT2D eigenvalue weighted by Crippen LogP contribution is -2.61. The average molecular weight is 313 g/mol. The predicted octanol–water partition coefficient (Wildman–Crippen LogP) is 4.44. The van der Waals surface area contributed by atoms with Gasteiger partial charge in [-0.25, -0.2) is 4.39 Å². The van der Waals surface area contributed by atoms with Gasteiger partial charge in [0, 0.05) is 23.2 Å². The molecule has 1 fully saturated rings. The first kappa shape index (κ1) is 16.7. The van der Waals surface area contributed by atoms with E-state index in [1.54, 1.807) is 6.07 Å². The molecule has 1 aromatic rings. The molecule has 21 heavy (non-hydrogen) atoms. The number of benzene rings is 1. The first-order chi connectivity index (χ1) is 9.58. The fourth-order valence-corrected chi connectivity index (χ4v) is 3.79. The third-order valence-corrected chi connectivity index (χ3v) is 4.43. The highest BCUT2D eigenvalue weighted by Gasteiger charge is 2.37. The van der Waals surface area contributed by atoms with Crippen LogP contribution in [0.2, 0.25) is 5.02 Å². The van der Waals surface area contributed by atoms with E-state index < -0.39 is 0 Å². The highest BCUT2D eigenvalue weighted by Crippen LogP contribution is 2.30. The third-order valence-electron chi connectivity index (χ3n) is 4.12. The molecule has 1 aliphatic heterocycles. The molecule has 1 saturated heterocycles. The number of piperidine rings is 1. The van der Waals surface area contributed by atoms with Gasteiger partial charge >= 0.3 is 0 Å². The Bertz CT molecular complexity index is 498. The molecule has 1 heterocycles. The van der Waals surface area contributed by atoms with E-state index in [2.05, 4.69) is 45.3 Å². The van der Waals surface area contributed by atoms with Gasteiger partial charge in [0.25, 0.3) is 0 Å². The van der Waals surface area contributed by atoms with E-state index in [-0.39, 0.29) is 28.0 Å². The van der Waals surface area contributed by atoms with E-state index >= 15 is 0 Å². The number of nitrogens with one attached hydrogen (secondary N) is 2. The monoisotopic (exact) mass is 312 g/mol. The van der Waals surface area contributed by atoms with Crippen LogP contribution in [0.5, 0.6) is 0 Å². The zero-order chi connectivity index (χ0) is 15.8. The van der Waals surface area contributed by atoms with Gasteiger partial charge in [0.2, 0.25) is 0 Å². The smallest absolute Gasteiger partial charge is 0.142 e. The predicted molar refractivity (Wildman–Crippen MR) is 87.3 cm³/mol. The maximum atomic E-state index is 13.6. The molecule has 1 atom stereocenters. The Labute approximate surface area is 132 Å². The number of hydrogen-bond acceptors (Lipinski definition) is 2. The van der Waals surface area contributed by atoms with E-state index in [9.17, 15) is 4.39 Å². The van der Waals surface area contributed by atoms with Crippen LogP contribution in [0.15, 0.2) is 18.2 Å². The molecule has 0 saturated carbocycles. The first-order valence-corrected chi connectivity index (χ1v) is 7.96. The molecule has 0 spiro atoms. The molecule has 0 aromatic heterocycles. The van der Waals surface area contributed by atoms with Gasteiger partial charge in [0.05, 0.1) is 5.02 Å². The Kier molecular flexibility index (Phi) is 4.67. The van der Waals surface area contributed by atoms with Crippen molar-refractivity contribution in [1.29, 1.82) is 0 Å². The highest BCUT2D eigenvalue weighted by molar-refractivity contribution is 6.30. The Morgan fingerprint density at radius 1 is 1.24 bits per heavy atom. The summed E-state index contributed by atoms with van der Waals surface area (Å²) in [5.74, 6) is -0.353. The standard InChI is InChI=1S/C17H26ClFN2/c1-11(12-6-7-14(18)15(19)8-12)20-13-9-16(2,3)21-17(4,5)10-13/h6-8,11,13,20-21H,9-10H2,1-5H3. The van der Waals surface area contributed by atoms with Crippen molar-refractivity contribution in [1.82, 2.24) is 10.6 Å². The van der Waals surface area contributed by atoms with Crippen LogP contribution in [0.4, 0.5) is 4.39 Å². The van der Waals surface area contributed by atoms with Crippen LogP contribution >= 0.6 is 11.6 Å². The summed E-state index contributed by atoms with van der Waals surface area (Å²) >= 11 is 5.75. The molecule has 2 N–H and O–H groups in total. The molecule has 2 rings (SSSR count). The molecule has 1 aromatic carbocycles. The second-order valence-corrected chi connectivity index (χ2v) is 7.97. The minimum Gasteiger partial charge on any atom is -0.307 e. The van der Waals surface area contributed by atoms with Gasteiger partial charge in [-0.05, 0) is 65.2 Å². The summed E-state index contributed by atoms with van der Waals surface area (Å²) in [6, 6.07) is 5.55. The van der Waals surface area contributed by atoms with Crippen LogP contribution < -0.4 is 10.6 Å². The Hall–Kier alpha value is -0.640. The van der Waals surface area contributed by atoms with Crippen molar-refractivity contribution in [2.45, 2.75) is 70.6 Å².